The van der Waals surface area contributed by atoms with E-state index in [9.17, 15) is 0 Å². The summed E-state index contributed by atoms with van der Waals surface area (Å²) in [6, 6.07) is 147. The highest BCUT2D eigenvalue weighted by atomic mass is 32.1. The SMILES string of the molecule is c1ccc(-c2ccc(-c3nc(-c4ccc(-c5ccc(-c6ccc(-c7cccc8c7sc7ccccc78)cc6)cc5)cc4)nc(-c4cccc(-c5cccc(-c6nc(-c7ccc(-c8ccc(-c9ccc(-c%10cccc%11c%10sc%10ccccc%10%11)cc9)cc8)cc7)nc(-c7ccccc7-c7ccccc7)n6)c5)c4-c4ccccc4)n3)cc2)cc1. The van der Waals surface area contributed by atoms with Crippen LogP contribution in [0, 0.1) is 0 Å². The van der Waals surface area contributed by atoms with E-state index in [4.69, 9.17) is 29.9 Å². The Balaban J connectivity index is 0.610. The molecule has 21 rings (SSSR count). The summed E-state index contributed by atoms with van der Waals surface area (Å²) >= 11 is 3.73. The van der Waals surface area contributed by atoms with Gasteiger partial charge in [0.05, 0.1) is 0 Å². The molecule has 0 radical (unpaired) electrons. The van der Waals surface area contributed by atoms with Crippen molar-refractivity contribution in [2.24, 2.45) is 0 Å². The lowest BCUT2D eigenvalue weighted by atomic mass is 9.89. The predicted octanol–water partition coefficient (Wildman–Crippen LogP) is 29.5. The van der Waals surface area contributed by atoms with E-state index in [0.29, 0.717) is 34.9 Å². The number of rotatable bonds is 16. The van der Waals surface area contributed by atoms with Gasteiger partial charge in [-0.3, -0.25) is 0 Å². The molecule has 542 valence electrons. The lowest BCUT2D eigenvalue weighted by molar-refractivity contribution is 1.07. The molecule has 0 saturated carbocycles. The molecule has 0 amide bonds. The van der Waals surface area contributed by atoms with Gasteiger partial charge < -0.3 is 0 Å². The van der Waals surface area contributed by atoms with Crippen molar-refractivity contribution in [2.45, 2.75) is 0 Å². The highest BCUT2D eigenvalue weighted by Gasteiger charge is 2.23. The fraction of sp³-hybridized carbons (Fsp3) is 0. The molecule has 0 aliphatic carbocycles. The summed E-state index contributed by atoms with van der Waals surface area (Å²) in [6.45, 7) is 0. The molecule has 0 aliphatic rings. The number of aromatic nitrogens is 6. The number of thiophene rings is 2. The van der Waals surface area contributed by atoms with E-state index in [0.717, 1.165) is 111 Å². The molecule has 17 aromatic carbocycles. The van der Waals surface area contributed by atoms with Crippen molar-refractivity contribution in [2.75, 3.05) is 0 Å². The number of hydrogen-bond donors (Lipinski definition) is 0. The molecule has 4 heterocycles. The van der Waals surface area contributed by atoms with Crippen molar-refractivity contribution >= 4 is 63.0 Å². The second-order valence-electron chi connectivity index (χ2n) is 29.2. The average molecular weight is 1510 g/mol. The van der Waals surface area contributed by atoms with Crippen LogP contribution < -0.4 is 0 Å². The van der Waals surface area contributed by atoms with Gasteiger partial charge in [-0.15, -0.1) is 22.7 Å². The molecule has 0 N–H and O–H groups in total. The summed E-state index contributed by atoms with van der Waals surface area (Å²) in [4.78, 5) is 32.4. The first-order valence-electron chi connectivity index (χ1n) is 39.0. The van der Waals surface area contributed by atoms with Crippen molar-refractivity contribution < 1.29 is 0 Å². The van der Waals surface area contributed by atoms with Crippen molar-refractivity contribution in [3.8, 4) is 180 Å². The maximum atomic E-state index is 5.46. The minimum Gasteiger partial charge on any atom is -0.208 e. The monoisotopic (exact) mass is 1510 g/mol. The summed E-state index contributed by atoms with van der Waals surface area (Å²) in [5.74, 6) is 3.35. The molecular formula is C108H68N6S2. The zero-order chi connectivity index (χ0) is 76.8. The van der Waals surface area contributed by atoms with Crippen LogP contribution in [0.2, 0.25) is 0 Å². The fourth-order valence-corrected chi connectivity index (χ4v) is 18.7. The topological polar surface area (TPSA) is 77.3 Å². The molecule has 0 atom stereocenters. The van der Waals surface area contributed by atoms with Crippen molar-refractivity contribution in [3.63, 3.8) is 0 Å². The van der Waals surface area contributed by atoms with Crippen LogP contribution in [0.4, 0.5) is 0 Å². The predicted molar refractivity (Wildman–Crippen MR) is 486 cm³/mol. The molecule has 21 aromatic rings. The van der Waals surface area contributed by atoms with Gasteiger partial charge in [0.2, 0.25) is 0 Å². The van der Waals surface area contributed by atoms with E-state index in [2.05, 4.69) is 400 Å². The van der Waals surface area contributed by atoms with Crippen molar-refractivity contribution in [1.82, 2.24) is 29.9 Å². The van der Waals surface area contributed by atoms with Gasteiger partial charge in [0.15, 0.2) is 34.9 Å². The van der Waals surface area contributed by atoms with Crippen LogP contribution >= 0.6 is 22.7 Å². The third kappa shape index (κ3) is 13.3. The molecule has 6 nitrogen and oxygen atoms in total. The molecule has 0 saturated heterocycles. The van der Waals surface area contributed by atoms with Crippen LogP contribution in [0.3, 0.4) is 0 Å². The van der Waals surface area contributed by atoms with E-state index >= 15 is 0 Å². The van der Waals surface area contributed by atoms with E-state index in [1.54, 1.807) is 0 Å². The van der Waals surface area contributed by atoms with Crippen LogP contribution in [0.15, 0.2) is 413 Å². The van der Waals surface area contributed by atoms with Crippen LogP contribution in [-0.4, -0.2) is 29.9 Å². The molecular weight excluding hydrogens is 1450 g/mol. The minimum atomic E-state index is 0.545. The van der Waals surface area contributed by atoms with Gasteiger partial charge in [-0.1, -0.05) is 394 Å². The van der Waals surface area contributed by atoms with Crippen LogP contribution in [-0.2, 0) is 0 Å². The molecule has 116 heavy (non-hydrogen) atoms. The summed E-state index contributed by atoms with van der Waals surface area (Å²) < 4.78 is 5.27. The number of nitrogens with zero attached hydrogens (tertiary/aromatic N) is 6. The van der Waals surface area contributed by atoms with Crippen molar-refractivity contribution in [3.05, 3.63) is 413 Å². The molecule has 0 unspecified atom stereocenters. The molecule has 8 heteroatoms. The Hall–Kier alpha value is -14.8. The Morgan fingerprint density at radius 1 is 0.138 bits per heavy atom. The minimum absolute atomic E-state index is 0.545. The normalized spacial score (nSPS) is 11.4. The van der Waals surface area contributed by atoms with Gasteiger partial charge in [0.25, 0.3) is 0 Å². The standard InChI is InChI=1S/C108H68N6S2/c1-4-20-69(21-5-1)70-52-62-83(63-53-70)103-109-104(84-64-54-77(55-65-84)73-44-40-71(41-45-73)75-48-58-80(59-49-75)90-33-18-35-94-92-29-12-14-38-98(92)115-101(90)94)113-108(112-103)97-37-17-32-89(100(97)82-24-8-3-9-25-82)86-26-16-27-87(68-86)106-110-105(111-107(114-106)96-31-11-10-28-88(96)79-22-6-2-7-23-79)85-66-56-78(57-67-85)74-46-42-72(43-47-74)76-50-60-81(61-51-76)91-34-19-36-95-93-30-13-15-39-99(93)116-102(91)95/h1-68H. The second-order valence-corrected chi connectivity index (χ2v) is 31.3. The number of benzene rings is 17. The lowest BCUT2D eigenvalue weighted by Crippen LogP contribution is -2.02. The maximum absolute atomic E-state index is 5.46. The Morgan fingerprint density at radius 3 is 0.819 bits per heavy atom. The highest BCUT2D eigenvalue weighted by molar-refractivity contribution is 7.26. The number of hydrogen-bond acceptors (Lipinski definition) is 8. The summed E-state index contributed by atoms with van der Waals surface area (Å²) in [7, 11) is 0. The fourth-order valence-electron chi connectivity index (χ4n) is 16.2. The Labute approximate surface area is 680 Å². The smallest absolute Gasteiger partial charge is 0.164 e. The largest absolute Gasteiger partial charge is 0.208 e. The highest BCUT2D eigenvalue weighted by Crippen LogP contribution is 2.46. The first-order chi connectivity index (χ1) is 57.4. The zero-order valence-electron chi connectivity index (χ0n) is 62.8. The van der Waals surface area contributed by atoms with E-state index in [1.807, 2.05) is 34.8 Å². The lowest BCUT2D eigenvalue weighted by Gasteiger charge is -2.17. The Bertz CT molecular complexity index is 7230. The number of fused-ring (bicyclic) bond motifs is 6. The molecule has 4 aromatic heterocycles. The third-order valence-corrected chi connectivity index (χ3v) is 24.6. The second kappa shape index (κ2) is 30.0. The van der Waals surface area contributed by atoms with Crippen LogP contribution in [0.1, 0.15) is 0 Å². The van der Waals surface area contributed by atoms with Gasteiger partial charge >= 0.3 is 0 Å². The first-order valence-corrected chi connectivity index (χ1v) is 40.6. The Morgan fingerprint density at radius 2 is 0.388 bits per heavy atom. The van der Waals surface area contributed by atoms with Crippen LogP contribution in [0.25, 0.3) is 220 Å². The quantitative estimate of drug-likeness (QED) is 0.0959. The maximum Gasteiger partial charge on any atom is 0.164 e. The van der Waals surface area contributed by atoms with E-state index in [1.165, 1.54) is 73.7 Å². The summed E-state index contributed by atoms with van der Waals surface area (Å²) in [5.41, 5.74) is 27.5. The molecule has 0 fully saturated rings. The Kier molecular flexibility index (Phi) is 17.9. The third-order valence-electron chi connectivity index (χ3n) is 22.2. The van der Waals surface area contributed by atoms with Gasteiger partial charge in [-0.25, -0.2) is 29.9 Å². The van der Waals surface area contributed by atoms with Gasteiger partial charge in [-0.05, 0) is 124 Å². The molecule has 0 spiro atoms. The molecule has 0 aliphatic heterocycles. The zero-order valence-corrected chi connectivity index (χ0v) is 64.4. The summed E-state index contributed by atoms with van der Waals surface area (Å²) in [5, 5.41) is 5.24. The van der Waals surface area contributed by atoms with Gasteiger partial charge in [0.1, 0.15) is 0 Å². The van der Waals surface area contributed by atoms with E-state index < -0.39 is 0 Å². The van der Waals surface area contributed by atoms with Gasteiger partial charge in [-0.2, -0.15) is 0 Å². The first kappa shape index (κ1) is 69.2. The molecule has 0 bridgehead atoms. The van der Waals surface area contributed by atoms with Crippen molar-refractivity contribution in [1.29, 1.82) is 0 Å². The van der Waals surface area contributed by atoms with Gasteiger partial charge in [0, 0.05) is 79.3 Å². The van der Waals surface area contributed by atoms with E-state index in [-0.39, 0.29) is 0 Å². The summed E-state index contributed by atoms with van der Waals surface area (Å²) in [6.07, 6.45) is 0. The average Bonchev–Trinajstić information content (AvgIpc) is 0.892. The van der Waals surface area contributed by atoms with Crippen LogP contribution in [0.5, 0.6) is 0 Å².